The van der Waals surface area contributed by atoms with E-state index in [2.05, 4.69) is 16.3 Å². The van der Waals surface area contributed by atoms with Gasteiger partial charge in [-0.25, -0.2) is 0 Å². The van der Waals surface area contributed by atoms with Gasteiger partial charge in [0.15, 0.2) is 0 Å². The fourth-order valence-electron chi connectivity index (χ4n) is 2.60. The molecule has 2 rings (SSSR count). The molecule has 1 aromatic rings. The second kappa shape index (κ2) is 6.92. The number of nitrogens with zero attached hydrogens (tertiary/aromatic N) is 2. The van der Waals surface area contributed by atoms with Gasteiger partial charge in [-0.1, -0.05) is 0 Å². The van der Waals surface area contributed by atoms with Crippen molar-refractivity contribution in [2.24, 2.45) is 5.92 Å². The summed E-state index contributed by atoms with van der Waals surface area (Å²) in [6.45, 7) is 2.70. The Labute approximate surface area is 118 Å². The van der Waals surface area contributed by atoms with Gasteiger partial charge in [0, 0.05) is 25.3 Å². The topological polar surface area (TPSA) is 76.4 Å². The van der Waals surface area contributed by atoms with E-state index < -0.39 is 5.97 Å². The van der Waals surface area contributed by atoms with Crippen molar-refractivity contribution < 1.29 is 9.90 Å². The van der Waals surface area contributed by atoms with Crippen LogP contribution in [0.4, 0.5) is 5.69 Å². The normalized spacial score (nSPS) is 18.6. The van der Waals surface area contributed by atoms with Gasteiger partial charge >= 0.3 is 5.97 Å². The van der Waals surface area contributed by atoms with Crippen molar-refractivity contribution in [1.29, 1.82) is 5.26 Å². The highest BCUT2D eigenvalue weighted by atomic mass is 16.4. The molecule has 0 aromatic heterocycles. The second-order valence-electron chi connectivity index (χ2n) is 5.14. The van der Waals surface area contributed by atoms with Crippen LogP contribution in [0.25, 0.3) is 0 Å². The van der Waals surface area contributed by atoms with Crippen molar-refractivity contribution in [2.45, 2.75) is 12.8 Å². The summed E-state index contributed by atoms with van der Waals surface area (Å²) in [6.07, 6.45) is 2.23. The number of hydrogen-bond acceptors (Lipinski definition) is 4. The molecule has 1 aliphatic rings. The van der Waals surface area contributed by atoms with E-state index in [1.165, 1.54) is 0 Å². The summed E-state index contributed by atoms with van der Waals surface area (Å²) in [4.78, 5) is 12.8. The Morgan fingerprint density at radius 1 is 1.45 bits per heavy atom. The minimum absolute atomic E-state index is 0.0212. The molecule has 1 fully saturated rings. The van der Waals surface area contributed by atoms with E-state index in [-0.39, 0.29) is 6.54 Å². The largest absolute Gasteiger partial charge is 0.480 e. The molecular weight excluding hydrogens is 254 g/mol. The van der Waals surface area contributed by atoms with Crippen molar-refractivity contribution in [1.82, 2.24) is 5.32 Å². The smallest absolute Gasteiger partial charge is 0.317 e. The van der Waals surface area contributed by atoms with Crippen molar-refractivity contribution >= 4 is 11.7 Å². The summed E-state index contributed by atoms with van der Waals surface area (Å²) in [5.74, 6) is -0.344. The number of piperidine rings is 1. The van der Waals surface area contributed by atoms with Gasteiger partial charge in [0.1, 0.15) is 0 Å². The van der Waals surface area contributed by atoms with E-state index in [9.17, 15) is 4.79 Å². The van der Waals surface area contributed by atoms with E-state index >= 15 is 0 Å². The number of rotatable bonds is 5. The van der Waals surface area contributed by atoms with Crippen LogP contribution in [0.3, 0.4) is 0 Å². The monoisotopic (exact) mass is 273 g/mol. The van der Waals surface area contributed by atoms with Gasteiger partial charge in [-0.2, -0.15) is 5.26 Å². The molecule has 1 atom stereocenters. The molecule has 1 heterocycles. The van der Waals surface area contributed by atoms with E-state index in [0.29, 0.717) is 11.5 Å². The lowest BCUT2D eigenvalue weighted by Gasteiger charge is -2.34. The Hall–Kier alpha value is -2.06. The van der Waals surface area contributed by atoms with Crippen LogP contribution in [0.1, 0.15) is 18.4 Å². The predicted molar refractivity (Wildman–Crippen MR) is 76.6 cm³/mol. The second-order valence-corrected chi connectivity index (χ2v) is 5.14. The third-order valence-corrected chi connectivity index (χ3v) is 3.59. The summed E-state index contributed by atoms with van der Waals surface area (Å²) in [7, 11) is 0. The lowest BCUT2D eigenvalue weighted by atomic mass is 9.97. The standard InChI is InChI=1S/C15H19N3O2/c16-8-12-3-5-14(6-4-12)18-7-1-2-13(11-18)9-17-10-15(19)20/h3-6,13,17H,1-2,7,9-11H2,(H,19,20). The van der Waals surface area contributed by atoms with Crippen LogP contribution in [0.2, 0.25) is 0 Å². The van der Waals surface area contributed by atoms with Crippen LogP contribution < -0.4 is 10.2 Å². The van der Waals surface area contributed by atoms with Crippen molar-refractivity contribution in [3.05, 3.63) is 29.8 Å². The molecule has 0 spiro atoms. The first kappa shape index (κ1) is 14.4. The highest BCUT2D eigenvalue weighted by Crippen LogP contribution is 2.23. The van der Waals surface area contributed by atoms with Gasteiger partial charge in [0.25, 0.3) is 0 Å². The van der Waals surface area contributed by atoms with E-state index in [1.807, 2.05) is 24.3 Å². The molecule has 1 saturated heterocycles. The lowest BCUT2D eigenvalue weighted by Crippen LogP contribution is -2.40. The van der Waals surface area contributed by atoms with Gasteiger partial charge in [0.2, 0.25) is 0 Å². The molecular formula is C15H19N3O2. The molecule has 0 aliphatic carbocycles. The van der Waals surface area contributed by atoms with Gasteiger partial charge < -0.3 is 15.3 Å². The van der Waals surface area contributed by atoms with E-state index in [4.69, 9.17) is 10.4 Å². The Morgan fingerprint density at radius 2 is 2.20 bits per heavy atom. The zero-order chi connectivity index (χ0) is 14.4. The van der Waals surface area contributed by atoms with Crippen molar-refractivity contribution in [3.8, 4) is 6.07 Å². The van der Waals surface area contributed by atoms with Crippen LogP contribution in [0, 0.1) is 17.2 Å². The number of hydrogen-bond donors (Lipinski definition) is 2. The molecule has 2 N–H and O–H groups in total. The number of benzene rings is 1. The summed E-state index contributed by atoms with van der Waals surface area (Å²) in [5, 5.41) is 20.4. The van der Waals surface area contributed by atoms with Crippen LogP contribution in [0.5, 0.6) is 0 Å². The summed E-state index contributed by atoms with van der Waals surface area (Å²) in [5.41, 5.74) is 1.80. The molecule has 5 heteroatoms. The zero-order valence-corrected chi connectivity index (χ0v) is 11.4. The average Bonchev–Trinajstić information content (AvgIpc) is 2.47. The summed E-state index contributed by atoms with van der Waals surface area (Å²) >= 11 is 0. The Balaban J connectivity index is 1.89. The van der Waals surface area contributed by atoms with E-state index in [0.717, 1.165) is 38.2 Å². The summed E-state index contributed by atoms with van der Waals surface area (Å²) < 4.78 is 0. The van der Waals surface area contributed by atoms with Crippen molar-refractivity contribution in [3.63, 3.8) is 0 Å². The number of aliphatic carboxylic acids is 1. The van der Waals surface area contributed by atoms with Gasteiger partial charge in [-0.15, -0.1) is 0 Å². The fourth-order valence-corrected chi connectivity index (χ4v) is 2.60. The molecule has 0 radical (unpaired) electrons. The number of carbonyl (C=O) groups is 1. The Kier molecular flexibility index (Phi) is 4.97. The number of nitrogens with one attached hydrogen (secondary N) is 1. The first-order valence-electron chi connectivity index (χ1n) is 6.86. The van der Waals surface area contributed by atoms with Crippen LogP contribution in [0.15, 0.2) is 24.3 Å². The maximum Gasteiger partial charge on any atom is 0.317 e. The highest BCUT2D eigenvalue weighted by molar-refractivity contribution is 5.68. The number of nitriles is 1. The van der Waals surface area contributed by atoms with E-state index in [1.54, 1.807) is 0 Å². The van der Waals surface area contributed by atoms with Crippen LogP contribution >= 0.6 is 0 Å². The molecule has 106 valence electrons. The molecule has 1 aromatic carbocycles. The molecule has 0 amide bonds. The Morgan fingerprint density at radius 3 is 2.85 bits per heavy atom. The number of carboxylic acid groups (broad SMARTS) is 1. The molecule has 20 heavy (non-hydrogen) atoms. The molecule has 1 aliphatic heterocycles. The molecule has 0 saturated carbocycles. The van der Waals surface area contributed by atoms with Gasteiger partial charge in [0.05, 0.1) is 18.2 Å². The summed E-state index contributed by atoms with van der Waals surface area (Å²) in [6, 6.07) is 9.75. The third-order valence-electron chi connectivity index (χ3n) is 3.59. The molecule has 0 bridgehead atoms. The Bertz CT molecular complexity index is 493. The third kappa shape index (κ3) is 3.97. The minimum atomic E-state index is -0.815. The fraction of sp³-hybridized carbons (Fsp3) is 0.467. The molecule has 1 unspecified atom stereocenters. The maximum atomic E-state index is 10.5. The first-order valence-corrected chi connectivity index (χ1v) is 6.86. The van der Waals surface area contributed by atoms with Crippen LogP contribution in [-0.2, 0) is 4.79 Å². The van der Waals surface area contributed by atoms with Crippen LogP contribution in [-0.4, -0.2) is 37.3 Å². The first-order chi connectivity index (χ1) is 9.69. The van der Waals surface area contributed by atoms with Crippen molar-refractivity contribution in [2.75, 3.05) is 31.1 Å². The lowest BCUT2D eigenvalue weighted by molar-refractivity contribution is -0.136. The zero-order valence-electron chi connectivity index (χ0n) is 11.4. The predicted octanol–water partition coefficient (Wildman–Crippen LogP) is 1.45. The average molecular weight is 273 g/mol. The molecule has 5 nitrogen and oxygen atoms in total. The highest BCUT2D eigenvalue weighted by Gasteiger charge is 2.20. The number of carboxylic acids is 1. The number of anilines is 1. The minimum Gasteiger partial charge on any atom is -0.480 e. The van der Waals surface area contributed by atoms with Gasteiger partial charge in [-0.05, 0) is 43.0 Å². The maximum absolute atomic E-state index is 10.5. The quantitative estimate of drug-likeness (QED) is 0.849. The van der Waals surface area contributed by atoms with Gasteiger partial charge in [-0.3, -0.25) is 4.79 Å². The SMILES string of the molecule is N#Cc1ccc(N2CCCC(CNCC(=O)O)C2)cc1.